The van der Waals surface area contributed by atoms with Crippen LogP contribution in [0.2, 0.25) is 0 Å². The van der Waals surface area contributed by atoms with E-state index in [1.807, 2.05) is 36.4 Å². The molecule has 9 aromatic carbocycles. The lowest BCUT2D eigenvalue weighted by Crippen LogP contribution is -2.04. The Balaban J connectivity index is 1.17. The summed E-state index contributed by atoms with van der Waals surface area (Å²) in [5, 5.41) is 4.76. The molecule has 0 aliphatic carbocycles. The maximum absolute atomic E-state index is 5.36. The minimum atomic E-state index is 0.596. The Kier molecular flexibility index (Phi) is 8.64. The van der Waals surface area contributed by atoms with Crippen molar-refractivity contribution in [2.75, 3.05) is 0 Å². The second kappa shape index (κ2) is 14.9. The molecule has 0 spiro atoms. The molecule has 296 valence electrons. The highest BCUT2D eigenvalue weighted by Crippen LogP contribution is 2.43. The van der Waals surface area contributed by atoms with Gasteiger partial charge in [-0.15, -0.1) is 0 Å². The lowest BCUT2D eigenvalue weighted by molar-refractivity contribution is 1.06. The number of para-hydroxylation sites is 3. The van der Waals surface area contributed by atoms with Crippen molar-refractivity contribution in [2.24, 2.45) is 0 Å². The van der Waals surface area contributed by atoms with Crippen molar-refractivity contribution in [1.29, 1.82) is 0 Å². The topological polar surface area (TPSA) is 48.5 Å². The minimum Gasteiger partial charge on any atom is -0.309 e. The highest BCUT2D eigenvalue weighted by atomic mass is 15.1. The van der Waals surface area contributed by atoms with E-state index < -0.39 is 0 Å². The summed E-state index contributed by atoms with van der Waals surface area (Å²) in [5.41, 5.74) is 15.2. The summed E-state index contributed by atoms with van der Waals surface area (Å²) in [7, 11) is 0. The van der Waals surface area contributed by atoms with Crippen LogP contribution in [0.5, 0.6) is 0 Å². The van der Waals surface area contributed by atoms with E-state index in [9.17, 15) is 0 Å². The normalized spacial score (nSPS) is 11.6. The van der Waals surface area contributed by atoms with Crippen LogP contribution in [-0.4, -0.2) is 24.1 Å². The maximum atomic E-state index is 5.36. The molecule has 0 saturated heterocycles. The van der Waals surface area contributed by atoms with E-state index in [1.54, 1.807) is 0 Å². The number of hydrogen-bond donors (Lipinski definition) is 0. The average Bonchev–Trinajstić information content (AvgIpc) is 3.87. The monoisotopic (exact) mass is 805 g/mol. The fourth-order valence-electron chi connectivity index (χ4n) is 9.36. The SMILES string of the molecule is Cc1cccc(-c2ccc3c4ccccc4n(-c4ccc(-c5cccc6c5c5ccccc5n6-c5ccccc5)cc4-c4nc(-c5ccccc5)nc(-c5ccccc5)n4)c3c2)c1. The fraction of sp³-hybridized carbons (Fsp3) is 0.0172. The first kappa shape index (κ1) is 36.4. The molecule has 12 rings (SSSR count). The molecule has 0 amide bonds. The van der Waals surface area contributed by atoms with Crippen LogP contribution < -0.4 is 0 Å². The summed E-state index contributed by atoms with van der Waals surface area (Å²) in [5.74, 6) is 1.83. The largest absolute Gasteiger partial charge is 0.309 e. The summed E-state index contributed by atoms with van der Waals surface area (Å²) in [4.78, 5) is 15.8. The second-order valence-corrected chi connectivity index (χ2v) is 16.1. The molecule has 0 saturated carbocycles. The molecule has 5 nitrogen and oxygen atoms in total. The first-order chi connectivity index (χ1) is 31.2. The van der Waals surface area contributed by atoms with Crippen LogP contribution in [0.1, 0.15) is 5.56 Å². The molecule has 63 heavy (non-hydrogen) atoms. The van der Waals surface area contributed by atoms with Crippen LogP contribution in [-0.2, 0) is 0 Å². The van der Waals surface area contributed by atoms with Gasteiger partial charge in [0.05, 0.1) is 27.8 Å². The zero-order valence-corrected chi connectivity index (χ0v) is 34.5. The molecular weight excluding hydrogens is 767 g/mol. The summed E-state index contributed by atoms with van der Waals surface area (Å²) in [6.07, 6.45) is 0. The zero-order chi connectivity index (χ0) is 41.9. The van der Waals surface area contributed by atoms with Crippen molar-refractivity contribution < 1.29 is 0 Å². The van der Waals surface area contributed by atoms with Crippen LogP contribution in [0.4, 0.5) is 0 Å². The number of aromatic nitrogens is 5. The molecule has 0 atom stereocenters. The van der Waals surface area contributed by atoms with Gasteiger partial charge in [-0.25, -0.2) is 15.0 Å². The minimum absolute atomic E-state index is 0.596. The van der Waals surface area contributed by atoms with Gasteiger partial charge in [-0.05, 0) is 77.7 Å². The van der Waals surface area contributed by atoms with Gasteiger partial charge < -0.3 is 9.13 Å². The molecule has 3 aromatic heterocycles. The van der Waals surface area contributed by atoms with Crippen molar-refractivity contribution in [3.05, 3.63) is 224 Å². The quantitative estimate of drug-likeness (QED) is 0.161. The van der Waals surface area contributed by atoms with E-state index in [0.717, 1.165) is 66.8 Å². The van der Waals surface area contributed by atoms with Gasteiger partial charge in [0.1, 0.15) is 0 Å². The first-order valence-electron chi connectivity index (χ1n) is 21.4. The second-order valence-electron chi connectivity index (χ2n) is 16.1. The highest BCUT2D eigenvalue weighted by molar-refractivity contribution is 6.16. The van der Waals surface area contributed by atoms with Gasteiger partial charge in [0.2, 0.25) is 0 Å². The van der Waals surface area contributed by atoms with Gasteiger partial charge in [-0.1, -0.05) is 175 Å². The number of benzene rings is 9. The lowest BCUT2D eigenvalue weighted by Gasteiger charge is -2.17. The van der Waals surface area contributed by atoms with Crippen molar-refractivity contribution in [3.63, 3.8) is 0 Å². The molecule has 0 N–H and O–H groups in total. The number of nitrogens with zero attached hydrogens (tertiary/aromatic N) is 5. The number of hydrogen-bond acceptors (Lipinski definition) is 3. The first-order valence-corrected chi connectivity index (χ1v) is 21.4. The van der Waals surface area contributed by atoms with Crippen LogP contribution in [0.25, 0.3) is 111 Å². The Bertz CT molecular complexity index is 3620. The molecule has 0 bridgehead atoms. The van der Waals surface area contributed by atoms with Gasteiger partial charge in [0.15, 0.2) is 17.5 Å². The highest BCUT2D eigenvalue weighted by Gasteiger charge is 2.22. The van der Waals surface area contributed by atoms with Crippen LogP contribution in [0.15, 0.2) is 218 Å². The summed E-state index contributed by atoms with van der Waals surface area (Å²) in [6.45, 7) is 2.15. The lowest BCUT2D eigenvalue weighted by atomic mass is 9.96. The van der Waals surface area contributed by atoms with E-state index in [4.69, 9.17) is 15.0 Å². The van der Waals surface area contributed by atoms with Gasteiger partial charge in [0.25, 0.3) is 0 Å². The van der Waals surface area contributed by atoms with E-state index in [2.05, 4.69) is 198 Å². The van der Waals surface area contributed by atoms with Crippen molar-refractivity contribution in [1.82, 2.24) is 24.1 Å². The van der Waals surface area contributed by atoms with Gasteiger partial charge in [-0.2, -0.15) is 0 Å². The Labute approximate surface area is 364 Å². The molecule has 0 unspecified atom stereocenters. The molecule has 12 aromatic rings. The molecule has 0 radical (unpaired) electrons. The molecule has 0 fully saturated rings. The van der Waals surface area contributed by atoms with Crippen molar-refractivity contribution >= 4 is 43.6 Å². The van der Waals surface area contributed by atoms with Crippen LogP contribution >= 0.6 is 0 Å². The third kappa shape index (κ3) is 6.21. The van der Waals surface area contributed by atoms with E-state index in [1.165, 1.54) is 32.7 Å². The van der Waals surface area contributed by atoms with Gasteiger partial charge in [-0.3, -0.25) is 0 Å². The van der Waals surface area contributed by atoms with Gasteiger partial charge in [0, 0.05) is 43.9 Å². The third-order valence-electron chi connectivity index (χ3n) is 12.2. The standard InChI is InChI=1S/C58H39N5/c1-38-17-15-22-41(35-38)42-31-33-47-46-25-11-13-28-50(46)63(54(47)37-42)52-34-32-43(45-27-16-30-53-55(45)48-26-12-14-29-51(48)62(53)44-23-9-4-10-24-44)36-49(52)58-60-56(39-18-5-2-6-19-39)59-57(61-58)40-20-7-3-8-21-40/h2-37H,1H3. The fourth-order valence-corrected chi connectivity index (χ4v) is 9.36. The Morgan fingerprint density at radius 2 is 0.857 bits per heavy atom. The Morgan fingerprint density at radius 3 is 1.57 bits per heavy atom. The maximum Gasteiger partial charge on any atom is 0.166 e. The van der Waals surface area contributed by atoms with Crippen LogP contribution in [0, 0.1) is 6.92 Å². The van der Waals surface area contributed by atoms with Crippen molar-refractivity contribution in [2.45, 2.75) is 6.92 Å². The van der Waals surface area contributed by atoms with Crippen molar-refractivity contribution in [3.8, 4) is 67.8 Å². The molecular formula is C58H39N5. The summed E-state index contributed by atoms with van der Waals surface area (Å²) in [6, 6.07) is 77.5. The smallest absolute Gasteiger partial charge is 0.166 e. The van der Waals surface area contributed by atoms with Crippen LogP contribution in [0.3, 0.4) is 0 Å². The van der Waals surface area contributed by atoms with E-state index in [-0.39, 0.29) is 0 Å². The predicted molar refractivity (Wildman–Crippen MR) is 260 cm³/mol. The summed E-state index contributed by atoms with van der Waals surface area (Å²) >= 11 is 0. The molecule has 5 heteroatoms. The molecule has 3 heterocycles. The van der Waals surface area contributed by atoms with E-state index in [0.29, 0.717) is 17.5 Å². The Morgan fingerprint density at radius 1 is 0.317 bits per heavy atom. The van der Waals surface area contributed by atoms with Gasteiger partial charge >= 0.3 is 0 Å². The number of fused-ring (bicyclic) bond motifs is 6. The van der Waals surface area contributed by atoms with E-state index >= 15 is 0 Å². The predicted octanol–water partition coefficient (Wildman–Crippen LogP) is 14.7. The number of aryl methyl sites for hydroxylation is 1. The third-order valence-corrected chi connectivity index (χ3v) is 12.2. The number of rotatable bonds is 7. The Hall–Kier alpha value is -8.41. The average molecular weight is 806 g/mol. The molecule has 0 aliphatic heterocycles. The molecule has 0 aliphatic rings. The zero-order valence-electron chi connectivity index (χ0n) is 34.5. The summed E-state index contributed by atoms with van der Waals surface area (Å²) < 4.78 is 4.77.